The Morgan fingerprint density at radius 3 is 0.933 bits per heavy atom. The molecule has 0 saturated carbocycles. The van der Waals surface area contributed by atoms with Crippen molar-refractivity contribution < 1.29 is 14.4 Å². The Labute approximate surface area is 373 Å². The maximum absolute atomic E-state index is 13.3. The van der Waals surface area contributed by atoms with Gasteiger partial charge in [-0.3, -0.25) is 19.7 Å². The van der Waals surface area contributed by atoms with Crippen LogP contribution in [0.4, 0.5) is 0 Å². The maximum Gasteiger partial charge on any atom is 0.250 e. The first-order valence-corrected chi connectivity index (χ1v) is 26.6. The number of carbonyl (C=O) groups excluding carboxylic acids is 3. The third-order valence-electron chi connectivity index (χ3n) is 12.1. The molecule has 7 nitrogen and oxygen atoms in total. The van der Waals surface area contributed by atoms with Gasteiger partial charge in [-0.25, -0.2) is 0 Å². The van der Waals surface area contributed by atoms with E-state index >= 15 is 0 Å². The molecule has 0 heterocycles. The zero-order valence-electron chi connectivity index (χ0n) is 40.5. The quantitative estimate of drug-likeness (QED) is 0.0209. The molecule has 0 aliphatic rings. The lowest BCUT2D eigenvalue weighted by Crippen LogP contribution is -2.41. The van der Waals surface area contributed by atoms with Gasteiger partial charge in [-0.15, -0.1) is 5.10 Å². The molecule has 0 fully saturated rings. The normalized spacial score (nSPS) is 11.8. The molecule has 0 aromatic rings. The summed E-state index contributed by atoms with van der Waals surface area (Å²) in [7, 11) is 0. The molecule has 0 radical (unpaired) electrons. The molecule has 352 valence electrons. The molecule has 0 aromatic heterocycles. The number of hydrogen-bond donors (Lipinski definition) is 2. The maximum atomic E-state index is 13.3. The fourth-order valence-electron chi connectivity index (χ4n) is 8.10. The van der Waals surface area contributed by atoms with E-state index in [9.17, 15) is 14.4 Å². The Morgan fingerprint density at radius 1 is 0.383 bits per heavy atom. The number of nitrogens with zero attached hydrogens (tertiary/aromatic N) is 2. The lowest BCUT2D eigenvalue weighted by atomic mass is 10.0. The summed E-state index contributed by atoms with van der Waals surface area (Å²) in [4.78, 5) is 39.3. The second-order valence-electron chi connectivity index (χ2n) is 18.2. The van der Waals surface area contributed by atoms with Gasteiger partial charge in [0.2, 0.25) is 23.7 Å². The third kappa shape index (κ3) is 42.5. The molecule has 60 heavy (non-hydrogen) atoms. The number of guanidine groups is 1. The fraction of sp³-hybridized carbons (Fsp3) is 0.887. The zero-order chi connectivity index (χ0) is 43.8. The molecule has 3 N–H and O–H groups in total. The van der Waals surface area contributed by atoms with Crippen molar-refractivity contribution in [3.8, 4) is 0 Å². The predicted molar refractivity (Wildman–Crippen MR) is 261 cm³/mol. The van der Waals surface area contributed by atoms with E-state index in [0.717, 1.165) is 69.2 Å². The Kier molecular flexibility index (Phi) is 46.1. The van der Waals surface area contributed by atoms with E-state index in [0.29, 0.717) is 6.42 Å². The number of carbonyl (C=O) groups is 3. The topological polar surface area (TPSA) is 105 Å². The molecule has 0 aromatic carbocycles. The van der Waals surface area contributed by atoms with Gasteiger partial charge in [0.05, 0.1) is 0 Å². The second kappa shape index (κ2) is 47.9. The Bertz CT molecular complexity index is 1010. The number of hydrazone groups is 1. The molecule has 3 amide bonds. The average molecular weight is 843 g/mol. The number of nitrogens with one attached hydrogen (secondary N) is 1. The van der Waals surface area contributed by atoms with E-state index in [1.54, 1.807) is 0 Å². The van der Waals surface area contributed by atoms with Crippen LogP contribution in [-0.2, 0) is 14.4 Å². The Hall–Kier alpha value is -2.18. The van der Waals surface area contributed by atoms with Crippen LogP contribution in [0.15, 0.2) is 17.3 Å². The summed E-state index contributed by atoms with van der Waals surface area (Å²) in [5.41, 5.74) is 6.13. The number of nitrogens with two attached hydrogens (primary N) is 1. The van der Waals surface area contributed by atoms with Gasteiger partial charge in [-0.05, 0) is 44.9 Å². The van der Waals surface area contributed by atoms with Crippen LogP contribution in [0, 0.1) is 0 Å². The number of hydrogen-bond acceptors (Lipinski definition) is 4. The molecule has 0 unspecified atom stereocenters. The average Bonchev–Trinajstić information content (AvgIpc) is 3.24. The molecule has 0 bridgehead atoms. The summed E-state index contributed by atoms with van der Waals surface area (Å²) in [5.74, 6) is -1.03. The van der Waals surface area contributed by atoms with Crippen molar-refractivity contribution in [2.75, 3.05) is 0 Å². The standard InChI is InChI=1S/C53H102N4O3/c1-4-7-10-13-16-19-22-25-27-30-32-35-38-41-44-47-50(58)55-53(54)56-57(51(59)48-45-42-39-36-33-29-24-21-18-15-12-9-6-3)52(60)49-46-43-40-37-34-31-28-26-23-20-17-14-11-8-5-2/h25,27H,4-24,26,28-49H2,1-3H3,(H3,54,55,56,58)/b27-25+. The van der Waals surface area contributed by atoms with Gasteiger partial charge in [0.25, 0.3) is 0 Å². The van der Waals surface area contributed by atoms with Gasteiger partial charge in [0.1, 0.15) is 0 Å². The second-order valence-corrected chi connectivity index (χ2v) is 18.2. The first-order chi connectivity index (χ1) is 29.5. The van der Waals surface area contributed by atoms with Crippen molar-refractivity contribution >= 4 is 23.7 Å². The highest BCUT2D eigenvalue weighted by Crippen LogP contribution is 2.17. The number of amides is 3. The predicted octanol–water partition coefficient (Wildman–Crippen LogP) is 16.5. The number of rotatable bonds is 46. The minimum atomic E-state index is -0.321. The van der Waals surface area contributed by atoms with Gasteiger partial charge < -0.3 is 5.73 Å². The van der Waals surface area contributed by atoms with E-state index in [4.69, 9.17) is 5.73 Å². The molecular weight excluding hydrogens is 741 g/mol. The van der Waals surface area contributed by atoms with Crippen LogP contribution in [-0.4, -0.2) is 28.7 Å². The lowest BCUT2D eigenvalue weighted by Gasteiger charge is -2.17. The summed E-state index contributed by atoms with van der Waals surface area (Å²) < 4.78 is 0. The minimum Gasteiger partial charge on any atom is -0.368 e. The third-order valence-corrected chi connectivity index (χ3v) is 12.1. The number of imide groups is 1. The molecule has 7 heteroatoms. The van der Waals surface area contributed by atoms with Crippen LogP contribution in [0.25, 0.3) is 0 Å². The molecule has 0 saturated heterocycles. The molecule has 0 aliphatic heterocycles. The Morgan fingerprint density at radius 2 is 0.633 bits per heavy atom. The van der Waals surface area contributed by atoms with Gasteiger partial charge in [0.15, 0.2) is 0 Å². The lowest BCUT2D eigenvalue weighted by molar-refractivity contribution is -0.145. The van der Waals surface area contributed by atoms with Crippen molar-refractivity contribution in [3.63, 3.8) is 0 Å². The van der Waals surface area contributed by atoms with E-state index in [1.165, 1.54) is 199 Å². The summed E-state index contributed by atoms with van der Waals surface area (Å²) in [6.07, 6.45) is 56.1. The van der Waals surface area contributed by atoms with E-state index in [2.05, 4.69) is 43.3 Å². The summed E-state index contributed by atoms with van der Waals surface area (Å²) >= 11 is 0. The SMILES string of the molecule is CCCCCCCC/C=C/CCCCCCCC(=O)N/C(N)=N/N(C(=O)CCCCCCCCCCCCCCC)C(=O)CCCCCCCCCCCCCCCCC. The molecular formula is C53H102N4O3. The van der Waals surface area contributed by atoms with Gasteiger partial charge in [-0.2, -0.15) is 5.01 Å². The van der Waals surface area contributed by atoms with Gasteiger partial charge in [0, 0.05) is 19.3 Å². The molecule has 0 aliphatic carbocycles. The molecule has 0 atom stereocenters. The summed E-state index contributed by atoms with van der Waals surface area (Å²) in [6, 6.07) is 0. The highest BCUT2D eigenvalue weighted by Gasteiger charge is 2.21. The largest absolute Gasteiger partial charge is 0.368 e. The Balaban J connectivity index is 4.54. The molecule has 0 rings (SSSR count). The van der Waals surface area contributed by atoms with Crippen molar-refractivity contribution in [3.05, 3.63) is 12.2 Å². The van der Waals surface area contributed by atoms with Crippen molar-refractivity contribution in [2.45, 2.75) is 303 Å². The fourth-order valence-corrected chi connectivity index (χ4v) is 8.10. The van der Waals surface area contributed by atoms with Crippen molar-refractivity contribution in [1.29, 1.82) is 0 Å². The van der Waals surface area contributed by atoms with Crippen molar-refractivity contribution in [1.82, 2.24) is 10.3 Å². The van der Waals surface area contributed by atoms with Crippen LogP contribution in [0.3, 0.4) is 0 Å². The van der Waals surface area contributed by atoms with Crippen LogP contribution in [0.1, 0.15) is 303 Å². The van der Waals surface area contributed by atoms with E-state index < -0.39 is 0 Å². The van der Waals surface area contributed by atoms with E-state index in [-0.39, 0.29) is 36.5 Å². The monoisotopic (exact) mass is 843 g/mol. The molecule has 0 spiro atoms. The van der Waals surface area contributed by atoms with Crippen LogP contribution >= 0.6 is 0 Å². The summed E-state index contributed by atoms with van der Waals surface area (Å²) in [5, 5.41) is 7.80. The van der Waals surface area contributed by atoms with E-state index in [1.807, 2.05) is 0 Å². The van der Waals surface area contributed by atoms with Crippen LogP contribution < -0.4 is 11.1 Å². The van der Waals surface area contributed by atoms with Crippen LogP contribution in [0.5, 0.6) is 0 Å². The van der Waals surface area contributed by atoms with Crippen LogP contribution in [0.2, 0.25) is 0 Å². The van der Waals surface area contributed by atoms with Gasteiger partial charge in [-0.1, -0.05) is 251 Å². The highest BCUT2D eigenvalue weighted by atomic mass is 16.2. The number of unbranched alkanes of at least 4 members (excludes halogenated alkanes) is 37. The smallest absolute Gasteiger partial charge is 0.250 e. The highest BCUT2D eigenvalue weighted by molar-refractivity contribution is 6.00. The summed E-state index contributed by atoms with van der Waals surface area (Å²) in [6.45, 7) is 6.80. The van der Waals surface area contributed by atoms with Crippen molar-refractivity contribution in [2.24, 2.45) is 10.8 Å². The number of allylic oxidation sites excluding steroid dienone is 2. The first-order valence-electron chi connectivity index (χ1n) is 26.6. The minimum absolute atomic E-state index is 0.170. The van der Waals surface area contributed by atoms with Gasteiger partial charge >= 0.3 is 0 Å². The first kappa shape index (κ1) is 57.8. The zero-order valence-corrected chi connectivity index (χ0v) is 40.5.